The molecular weight excluding hydrogens is 312 g/mol. The molecule has 1 aliphatic heterocycles. The van der Waals surface area contributed by atoms with E-state index in [1.165, 1.54) is 17.0 Å². The molecule has 8 heteroatoms. The van der Waals surface area contributed by atoms with Crippen LogP contribution in [0.3, 0.4) is 0 Å². The van der Waals surface area contributed by atoms with Gasteiger partial charge in [-0.25, -0.2) is 9.59 Å². The van der Waals surface area contributed by atoms with E-state index in [1.54, 1.807) is 0 Å². The number of amides is 1. The van der Waals surface area contributed by atoms with Crippen LogP contribution >= 0.6 is 0 Å². The highest BCUT2D eigenvalue weighted by Gasteiger charge is 2.44. The van der Waals surface area contributed by atoms with Gasteiger partial charge in [0.25, 0.3) is 0 Å². The van der Waals surface area contributed by atoms with Gasteiger partial charge in [-0.3, -0.25) is 4.90 Å². The number of ether oxygens (including phenoxy) is 2. The van der Waals surface area contributed by atoms with Crippen LogP contribution in [0.5, 0.6) is 5.75 Å². The van der Waals surface area contributed by atoms with E-state index in [4.69, 9.17) is 14.6 Å². The molecule has 0 saturated carbocycles. The Morgan fingerprint density at radius 3 is 2.65 bits per heavy atom. The third kappa shape index (κ3) is 2.93. The van der Waals surface area contributed by atoms with E-state index in [9.17, 15) is 18.4 Å². The maximum absolute atomic E-state index is 13.7. The Bertz CT molecular complexity index is 632. The molecule has 1 heterocycles. The molecule has 0 aliphatic carbocycles. The Morgan fingerprint density at radius 1 is 1.48 bits per heavy atom. The second-order valence-corrected chi connectivity index (χ2v) is 5.52. The van der Waals surface area contributed by atoms with Crippen LogP contribution in [0.4, 0.5) is 19.3 Å². The standard InChI is InChI=1S/C15H17F2NO5/c1-8(2)11-7-23-14(21)18(11)9-4-5-10(12(6-9)22-3)15(16,17)13(19)20/h4-6,8,11H,7H2,1-3H3,(H,19,20). The van der Waals surface area contributed by atoms with E-state index in [0.717, 1.165) is 13.2 Å². The molecule has 0 radical (unpaired) electrons. The summed E-state index contributed by atoms with van der Waals surface area (Å²) >= 11 is 0. The fourth-order valence-electron chi connectivity index (χ4n) is 2.43. The van der Waals surface area contributed by atoms with Crippen LogP contribution in [0, 0.1) is 5.92 Å². The number of carbonyl (C=O) groups is 2. The van der Waals surface area contributed by atoms with Gasteiger partial charge in [-0.2, -0.15) is 8.78 Å². The zero-order chi connectivity index (χ0) is 17.4. The van der Waals surface area contributed by atoms with E-state index in [0.29, 0.717) is 5.69 Å². The SMILES string of the molecule is COc1cc(N2C(=O)OCC2C(C)C)ccc1C(F)(F)C(=O)O. The molecule has 126 valence electrons. The summed E-state index contributed by atoms with van der Waals surface area (Å²) in [5, 5.41) is 8.66. The molecule has 1 amide bonds. The highest BCUT2D eigenvalue weighted by atomic mass is 19.3. The minimum Gasteiger partial charge on any atom is -0.496 e. The summed E-state index contributed by atoms with van der Waals surface area (Å²) in [4.78, 5) is 24.0. The normalized spacial score (nSPS) is 18.3. The molecule has 1 aliphatic rings. The van der Waals surface area contributed by atoms with Crippen molar-refractivity contribution in [1.29, 1.82) is 0 Å². The van der Waals surface area contributed by atoms with Gasteiger partial charge >= 0.3 is 18.0 Å². The van der Waals surface area contributed by atoms with Gasteiger partial charge in [0.1, 0.15) is 12.4 Å². The average molecular weight is 329 g/mol. The number of nitrogens with zero attached hydrogens (tertiary/aromatic N) is 1. The third-order valence-electron chi connectivity index (χ3n) is 3.75. The number of methoxy groups -OCH3 is 1. The van der Waals surface area contributed by atoms with Crippen LogP contribution in [0.15, 0.2) is 18.2 Å². The van der Waals surface area contributed by atoms with Gasteiger partial charge in [-0.15, -0.1) is 0 Å². The van der Waals surface area contributed by atoms with Gasteiger partial charge in [-0.1, -0.05) is 13.8 Å². The number of benzene rings is 1. The summed E-state index contributed by atoms with van der Waals surface area (Å²) in [7, 11) is 1.16. The van der Waals surface area contributed by atoms with Crippen molar-refractivity contribution in [1.82, 2.24) is 0 Å². The predicted octanol–water partition coefficient (Wildman–Crippen LogP) is 2.85. The van der Waals surface area contributed by atoms with Crippen LogP contribution in [0.1, 0.15) is 19.4 Å². The number of alkyl halides is 2. The minimum absolute atomic E-state index is 0.0904. The second kappa shape index (κ2) is 6.02. The molecule has 1 atom stereocenters. The fraction of sp³-hybridized carbons (Fsp3) is 0.467. The Kier molecular flexibility index (Phi) is 4.44. The highest BCUT2D eigenvalue weighted by molar-refractivity contribution is 5.91. The lowest BCUT2D eigenvalue weighted by molar-refractivity contribution is -0.166. The molecule has 23 heavy (non-hydrogen) atoms. The summed E-state index contributed by atoms with van der Waals surface area (Å²) in [5.74, 6) is -6.58. The van der Waals surface area contributed by atoms with Crippen LogP contribution in [0.2, 0.25) is 0 Å². The summed E-state index contributed by atoms with van der Waals surface area (Å²) in [6.45, 7) is 4.01. The molecule has 1 unspecified atom stereocenters. The van der Waals surface area contributed by atoms with Crippen LogP contribution in [-0.4, -0.2) is 36.9 Å². The highest BCUT2D eigenvalue weighted by Crippen LogP contribution is 2.39. The zero-order valence-corrected chi connectivity index (χ0v) is 12.9. The number of carboxylic acid groups (broad SMARTS) is 1. The molecule has 6 nitrogen and oxygen atoms in total. The van der Waals surface area contributed by atoms with Crippen LogP contribution in [-0.2, 0) is 15.5 Å². The maximum atomic E-state index is 13.7. The van der Waals surface area contributed by atoms with Crippen molar-refractivity contribution in [3.05, 3.63) is 23.8 Å². The van der Waals surface area contributed by atoms with Crippen molar-refractivity contribution in [3.8, 4) is 5.75 Å². The van der Waals surface area contributed by atoms with Crippen molar-refractivity contribution < 1.29 is 33.0 Å². The van der Waals surface area contributed by atoms with Crippen LogP contribution < -0.4 is 9.64 Å². The number of cyclic esters (lactones) is 1. The first kappa shape index (κ1) is 17.0. The van der Waals surface area contributed by atoms with E-state index < -0.39 is 23.5 Å². The monoisotopic (exact) mass is 329 g/mol. The Labute approximate surface area is 131 Å². The molecule has 2 rings (SSSR count). The molecule has 1 N–H and O–H groups in total. The molecule has 1 aromatic rings. The van der Waals surface area contributed by atoms with E-state index >= 15 is 0 Å². The summed E-state index contributed by atoms with van der Waals surface area (Å²) in [5.41, 5.74) is -0.460. The smallest absolute Gasteiger partial charge is 0.414 e. The Morgan fingerprint density at radius 2 is 2.13 bits per heavy atom. The molecule has 1 fully saturated rings. The van der Waals surface area contributed by atoms with Crippen molar-refractivity contribution in [2.24, 2.45) is 5.92 Å². The summed E-state index contributed by atoms with van der Waals surface area (Å²) in [6.07, 6.45) is -0.580. The van der Waals surface area contributed by atoms with Gasteiger partial charge in [0, 0.05) is 6.07 Å². The molecule has 1 saturated heterocycles. The lowest BCUT2D eigenvalue weighted by Gasteiger charge is -2.25. The number of halogens is 2. The van der Waals surface area contributed by atoms with Gasteiger partial charge in [0.05, 0.1) is 24.4 Å². The Balaban J connectivity index is 2.47. The Hall–Kier alpha value is -2.38. The number of rotatable bonds is 5. The van der Waals surface area contributed by atoms with Crippen molar-refractivity contribution in [2.75, 3.05) is 18.6 Å². The summed E-state index contributed by atoms with van der Waals surface area (Å²) < 4.78 is 37.4. The van der Waals surface area contributed by atoms with Crippen molar-refractivity contribution in [3.63, 3.8) is 0 Å². The number of hydrogen-bond acceptors (Lipinski definition) is 4. The topological polar surface area (TPSA) is 76.1 Å². The average Bonchev–Trinajstić information content (AvgIpc) is 2.88. The number of anilines is 1. The predicted molar refractivity (Wildman–Crippen MR) is 77.0 cm³/mol. The number of carboxylic acids is 1. The van der Waals surface area contributed by atoms with Gasteiger partial charge in [0.15, 0.2) is 0 Å². The number of carbonyl (C=O) groups excluding carboxylic acids is 1. The first-order valence-electron chi connectivity index (χ1n) is 6.95. The molecule has 1 aromatic carbocycles. The largest absolute Gasteiger partial charge is 0.496 e. The maximum Gasteiger partial charge on any atom is 0.414 e. The van der Waals surface area contributed by atoms with E-state index in [1.807, 2.05) is 13.8 Å². The van der Waals surface area contributed by atoms with E-state index in [2.05, 4.69) is 0 Å². The van der Waals surface area contributed by atoms with Crippen molar-refractivity contribution >= 4 is 17.7 Å². The van der Waals surface area contributed by atoms with Crippen LogP contribution in [0.25, 0.3) is 0 Å². The molecular formula is C15H17F2NO5. The van der Waals surface area contributed by atoms with Crippen molar-refractivity contribution in [2.45, 2.75) is 25.8 Å². The molecule has 0 spiro atoms. The third-order valence-corrected chi connectivity index (χ3v) is 3.75. The van der Waals surface area contributed by atoms with Gasteiger partial charge in [0.2, 0.25) is 0 Å². The molecule has 0 bridgehead atoms. The zero-order valence-electron chi connectivity index (χ0n) is 12.9. The first-order valence-corrected chi connectivity index (χ1v) is 6.95. The first-order chi connectivity index (χ1) is 10.7. The summed E-state index contributed by atoms with van der Waals surface area (Å²) in [6, 6.07) is 3.19. The van der Waals surface area contributed by atoms with Gasteiger partial charge < -0.3 is 14.6 Å². The fourth-order valence-corrected chi connectivity index (χ4v) is 2.43. The van der Waals surface area contributed by atoms with E-state index in [-0.39, 0.29) is 24.3 Å². The molecule has 0 aromatic heterocycles. The minimum atomic E-state index is -4.09. The second-order valence-electron chi connectivity index (χ2n) is 5.52. The quantitative estimate of drug-likeness (QED) is 0.899. The number of hydrogen-bond donors (Lipinski definition) is 1. The lowest BCUT2D eigenvalue weighted by atomic mass is 10.0. The number of aliphatic carboxylic acids is 1. The van der Waals surface area contributed by atoms with Gasteiger partial charge in [-0.05, 0) is 18.1 Å². The lowest BCUT2D eigenvalue weighted by Crippen LogP contribution is -2.37.